The van der Waals surface area contributed by atoms with Gasteiger partial charge < -0.3 is 0 Å². The van der Waals surface area contributed by atoms with Gasteiger partial charge in [0.15, 0.2) is 0 Å². The second kappa shape index (κ2) is 23.6. The zero-order chi connectivity index (χ0) is 3.58. The van der Waals surface area contributed by atoms with E-state index in [2.05, 4.69) is 0 Å². The third kappa shape index (κ3) is 138. The van der Waals surface area contributed by atoms with Crippen LogP contribution in [0.5, 0.6) is 0 Å². The Balaban J connectivity index is -0.00000000750. The topological polar surface area (TPSA) is 0 Å². The van der Waals surface area contributed by atoms with Crippen molar-refractivity contribution in [2.75, 3.05) is 0 Å². The molecule has 0 radical (unpaired) electrons. The molecule has 0 aliphatic carbocycles. The molecule has 0 atom stereocenters. The van der Waals surface area contributed by atoms with Gasteiger partial charge in [0.1, 0.15) is 0 Å². The molecule has 0 heterocycles. The summed E-state index contributed by atoms with van der Waals surface area (Å²) in [6.07, 6.45) is 0. The van der Waals surface area contributed by atoms with Crippen molar-refractivity contribution in [3.05, 3.63) is 0 Å². The Bertz CT molecular complexity index is 16.0. The Labute approximate surface area is 71.7 Å². The number of rotatable bonds is 0. The summed E-state index contributed by atoms with van der Waals surface area (Å²) in [6.45, 7) is 0. The van der Waals surface area contributed by atoms with Gasteiger partial charge in [0.25, 0.3) is 0 Å². The van der Waals surface area contributed by atoms with Gasteiger partial charge >= 0.3 is 42.2 Å². The molecule has 0 amide bonds. The molecule has 0 aromatic rings. The van der Waals surface area contributed by atoms with E-state index in [4.69, 9.17) is 28.8 Å². The van der Waals surface area contributed by atoms with E-state index in [-0.39, 0.29) is 29.7 Å². The van der Waals surface area contributed by atoms with E-state index in [9.17, 15) is 0 Å². The SMILES string of the molecule is C.C.C.C.[Cl][Ir]([Cl])[Cl]. The average Bonchev–Trinajstić information content (AvgIpc) is 0.811. The van der Waals surface area contributed by atoms with Crippen LogP contribution in [0.1, 0.15) is 29.7 Å². The van der Waals surface area contributed by atoms with Crippen molar-refractivity contribution in [2.45, 2.75) is 29.7 Å². The molecule has 0 rings (SSSR count). The van der Waals surface area contributed by atoms with E-state index in [1.807, 2.05) is 0 Å². The summed E-state index contributed by atoms with van der Waals surface area (Å²) >= 11 is -1.92. The van der Waals surface area contributed by atoms with Crippen LogP contribution in [0.25, 0.3) is 0 Å². The second-order valence-corrected chi connectivity index (χ2v) is 10.5. The first-order chi connectivity index (χ1) is 1.73. The maximum atomic E-state index is 4.97. The van der Waals surface area contributed by atoms with Gasteiger partial charge in [-0.25, -0.2) is 0 Å². The van der Waals surface area contributed by atoms with Gasteiger partial charge in [-0.05, 0) is 0 Å². The Morgan fingerprint density at radius 3 is 0.625 bits per heavy atom. The molecule has 4 heteroatoms. The van der Waals surface area contributed by atoms with Crippen molar-refractivity contribution in [3.63, 3.8) is 0 Å². The van der Waals surface area contributed by atoms with E-state index < -0.39 is 13.5 Å². The minimum atomic E-state index is -1.92. The molecule has 0 bridgehead atoms. The summed E-state index contributed by atoms with van der Waals surface area (Å²) < 4.78 is 0. The normalized spacial score (nSPS) is 5.62. The minimum absolute atomic E-state index is 0. The average molecular weight is 363 g/mol. The van der Waals surface area contributed by atoms with Crippen molar-refractivity contribution in [1.82, 2.24) is 0 Å². The zero-order valence-electron chi connectivity index (χ0n) is 1.47. The third-order valence-corrected chi connectivity index (χ3v) is 0. The summed E-state index contributed by atoms with van der Waals surface area (Å²) in [6, 6.07) is 0. The fourth-order valence-corrected chi connectivity index (χ4v) is 0. The van der Waals surface area contributed by atoms with E-state index in [0.717, 1.165) is 0 Å². The summed E-state index contributed by atoms with van der Waals surface area (Å²) in [5.74, 6) is 0. The van der Waals surface area contributed by atoms with E-state index in [1.54, 1.807) is 0 Å². The molecule has 8 heavy (non-hydrogen) atoms. The van der Waals surface area contributed by atoms with Crippen LogP contribution >= 0.6 is 28.8 Å². The van der Waals surface area contributed by atoms with Crippen LogP contribution in [0.15, 0.2) is 0 Å². The first kappa shape index (κ1) is 33.8. The molecule has 0 unspecified atom stereocenters. The zero-order valence-corrected chi connectivity index (χ0v) is 6.13. The predicted octanol–water partition coefficient (Wildman–Crippen LogP) is 4.61. The summed E-state index contributed by atoms with van der Waals surface area (Å²) in [4.78, 5) is 0. The molecule has 0 spiro atoms. The standard InChI is InChI=1S/4CH4.3ClH.Ir/h4*1H4;3*1H;/q;;;;;;;+3/p-3. The Hall–Kier alpha value is 1.52. The van der Waals surface area contributed by atoms with Gasteiger partial charge in [-0.15, -0.1) is 0 Å². The van der Waals surface area contributed by atoms with E-state index in [1.165, 1.54) is 0 Å². The fourth-order valence-electron chi connectivity index (χ4n) is 0. The van der Waals surface area contributed by atoms with Crippen LogP contribution in [0, 0.1) is 0 Å². The van der Waals surface area contributed by atoms with Gasteiger partial charge in [-0.1, -0.05) is 29.7 Å². The molecule has 0 N–H and O–H groups in total. The van der Waals surface area contributed by atoms with Gasteiger partial charge in [0, 0.05) is 0 Å². The number of halogens is 3. The predicted molar refractivity (Wildman–Crippen MR) is 44.5 cm³/mol. The molecule has 62 valence electrons. The van der Waals surface area contributed by atoms with Gasteiger partial charge in [-0.3, -0.25) is 0 Å². The second-order valence-electron chi connectivity index (χ2n) is 0.143. The molecule has 0 fully saturated rings. The quantitative estimate of drug-likeness (QED) is 0.590. The van der Waals surface area contributed by atoms with Gasteiger partial charge in [0.05, 0.1) is 0 Å². The fraction of sp³-hybridized carbons (Fsp3) is 1.00. The van der Waals surface area contributed by atoms with Crippen molar-refractivity contribution >= 4 is 28.8 Å². The molecule has 0 nitrogen and oxygen atoms in total. The molecule has 0 aliphatic rings. The van der Waals surface area contributed by atoms with Crippen LogP contribution < -0.4 is 0 Å². The van der Waals surface area contributed by atoms with Crippen molar-refractivity contribution in [2.24, 2.45) is 0 Å². The summed E-state index contributed by atoms with van der Waals surface area (Å²) in [7, 11) is 14.9. The van der Waals surface area contributed by atoms with Crippen molar-refractivity contribution < 1.29 is 13.5 Å². The first-order valence-corrected chi connectivity index (χ1v) is 9.28. The Morgan fingerprint density at radius 2 is 0.625 bits per heavy atom. The van der Waals surface area contributed by atoms with Crippen LogP contribution in [-0.4, -0.2) is 0 Å². The maximum absolute atomic E-state index is 4.97. The summed E-state index contributed by atoms with van der Waals surface area (Å²) in [5, 5.41) is 0. The van der Waals surface area contributed by atoms with E-state index in [0.29, 0.717) is 0 Å². The monoisotopic (exact) mass is 362 g/mol. The van der Waals surface area contributed by atoms with Gasteiger partial charge in [0.2, 0.25) is 0 Å². The van der Waals surface area contributed by atoms with E-state index >= 15 is 0 Å². The van der Waals surface area contributed by atoms with Gasteiger partial charge in [-0.2, -0.15) is 0 Å². The number of hydrogen-bond donors (Lipinski definition) is 0. The molecule has 0 aromatic carbocycles. The first-order valence-electron chi connectivity index (χ1n) is 0.378. The summed E-state index contributed by atoms with van der Waals surface area (Å²) in [5.41, 5.74) is 0. The molecule has 0 saturated heterocycles. The molecular formula is C4H16Cl3Ir. The Kier molecular flexibility index (Phi) is 99.7. The Morgan fingerprint density at radius 1 is 0.625 bits per heavy atom. The van der Waals surface area contributed by atoms with Crippen molar-refractivity contribution in [3.8, 4) is 0 Å². The molecular weight excluding hydrogens is 347 g/mol. The van der Waals surface area contributed by atoms with Crippen molar-refractivity contribution in [1.29, 1.82) is 0 Å². The molecule has 0 aliphatic heterocycles. The van der Waals surface area contributed by atoms with Crippen LogP contribution in [0.2, 0.25) is 0 Å². The number of hydrogen-bond acceptors (Lipinski definition) is 0. The molecule has 0 saturated carbocycles. The van der Waals surface area contributed by atoms with Crippen LogP contribution in [0.4, 0.5) is 0 Å². The van der Waals surface area contributed by atoms with Crippen LogP contribution in [-0.2, 0) is 13.5 Å². The van der Waals surface area contributed by atoms with Crippen LogP contribution in [0.3, 0.4) is 0 Å². The molecule has 0 aromatic heterocycles. The third-order valence-electron chi connectivity index (χ3n) is 0.